The molecular formula is C13H19N3O2. The monoisotopic (exact) mass is 249 g/mol. The lowest BCUT2D eigenvalue weighted by atomic mass is 10.2. The quantitative estimate of drug-likeness (QED) is 0.746. The van der Waals surface area contributed by atoms with Gasteiger partial charge in [0.2, 0.25) is 0 Å². The lowest BCUT2D eigenvalue weighted by Crippen LogP contribution is -2.35. The standard InChI is InChI=1S/C13H19N3O2/c1-9(2)16(7-10-4-5-10)12-11(13(17)18-3)6-14-8-15-12/h6,8-10H,4-5,7H2,1-3H3. The van der Waals surface area contributed by atoms with Gasteiger partial charge < -0.3 is 9.64 Å². The number of carbonyl (C=O) groups excluding carboxylic acids is 1. The molecule has 0 atom stereocenters. The predicted octanol–water partition coefficient (Wildman–Crippen LogP) is 1.89. The van der Waals surface area contributed by atoms with Crippen LogP contribution in [0.5, 0.6) is 0 Å². The number of hydrogen-bond acceptors (Lipinski definition) is 5. The molecule has 1 aromatic rings. The van der Waals surface area contributed by atoms with Crippen molar-refractivity contribution < 1.29 is 9.53 Å². The molecule has 1 aliphatic carbocycles. The zero-order valence-corrected chi connectivity index (χ0v) is 11.1. The van der Waals surface area contributed by atoms with Gasteiger partial charge in [-0.25, -0.2) is 14.8 Å². The first-order chi connectivity index (χ1) is 8.63. The summed E-state index contributed by atoms with van der Waals surface area (Å²) in [5.41, 5.74) is 0.439. The van der Waals surface area contributed by atoms with Crippen molar-refractivity contribution in [1.29, 1.82) is 0 Å². The molecule has 0 unspecified atom stereocenters. The molecule has 5 nitrogen and oxygen atoms in total. The van der Waals surface area contributed by atoms with Gasteiger partial charge in [0.1, 0.15) is 17.7 Å². The van der Waals surface area contributed by atoms with E-state index in [0.717, 1.165) is 12.5 Å². The molecule has 1 heterocycles. The third-order valence-corrected chi connectivity index (χ3v) is 3.14. The van der Waals surface area contributed by atoms with Crippen LogP contribution in [0.2, 0.25) is 0 Å². The van der Waals surface area contributed by atoms with Gasteiger partial charge in [0.25, 0.3) is 0 Å². The minimum Gasteiger partial charge on any atom is -0.465 e. The molecule has 1 aliphatic rings. The summed E-state index contributed by atoms with van der Waals surface area (Å²) in [6, 6.07) is 0.295. The molecule has 0 N–H and O–H groups in total. The van der Waals surface area contributed by atoms with Crippen LogP contribution in [0.1, 0.15) is 37.0 Å². The first kappa shape index (κ1) is 12.8. The Morgan fingerprint density at radius 1 is 1.56 bits per heavy atom. The number of carbonyl (C=O) groups is 1. The summed E-state index contributed by atoms with van der Waals surface area (Å²) >= 11 is 0. The topological polar surface area (TPSA) is 55.3 Å². The summed E-state index contributed by atoms with van der Waals surface area (Å²) in [5.74, 6) is 1.03. The number of esters is 1. The molecule has 2 rings (SSSR count). The van der Waals surface area contributed by atoms with Crippen molar-refractivity contribution >= 4 is 11.8 Å². The minimum atomic E-state index is -0.382. The first-order valence-electron chi connectivity index (χ1n) is 6.28. The molecule has 98 valence electrons. The summed E-state index contributed by atoms with van der Waals surface area (Å²) in [6.45, 7) is 5.15. The average molecular weight is 249 g/mol. The maximum atomic E-state index is 11.7. The lowest BCUT2D eigenvalue weighted by molar-refractivity contribution is 0.0600. The zero-order chi connectivity index (χ0) is 13.1. The van der Waals surface area contributed by atoms with E-state index in [0.29, 0.717) is 17.4 Å². The number of ether oxygens (including phenoxy) is 1. The van der Waals surface area contributed by atoms with Gasteiger partial charge in [-0.05, 0) is 32.6 Å². The fourth-order valence-corrected chi connectivity index (χ4v) is 1.93. The van der Waals surface area contributed by atoms with Gasteiger partial charge in [-0.2, -0.15) is 0 Å². The molecule has 1 saturated carbocycles. The van der Waals surface area contributed by atoms with Crippen molar-refractivity contribution in [2.75, 3.05) is 18.6 Å². The van der Waals surface area contributed by atoms with Crippen LogP contribution in [0.4, 0.5) is 5.82 Å². The number of anilines is 1. The third-order valence-electron chi connectivity index (χ3n) is 3.14. The number of aromatic nitrogens is 2. The van der Waals surface area contributed by atoms with Crippen molar-refractivity contribution in [3.63, 3.8) is 0 Å². The van der Waals surface area contributed by atoms with Gasteiger partial charge in [0.05, 0.1) is 7.11 Å². The second kappa shape index (κ2) is 5.33. The van der Waals surface area contributed by atoms with Crippen LogP contribution in [-0.2, 0) is 4.74 Å². The van der Waals surface area contributed by atoms with Crippen molar-refractivity contribution in [2.24, 2.45) is 5.92 Å². The van der Waals surface area contributed by atoms with Crippen molar-refractivity contribution in [3.8, 4) is 0 Å². The molecule has 0 saturated heterocycles. The molecule has 0 radical (unpaired) electrons. The van der Waals surface area contributed by atoms with Crippen molar-refractivity contribution in [2.45, 2.75) is 32.7 Å². The van der Waals surface area contributed by atoms with Gasteiger partial charge in [0, 0.05) is 18.8 Å². The maximum Gasteiger partial charge on any atom is 0.343 e. The molecule has 18 heavy (non-hydrogen) atoms. The molecule has 0 aliphatic heterocycles. The SMILES string of the molecule is COC(=O)c1cncnc1N(CC1CC1)C(C)C. The summed E-state index contributed by atoms with van der Waals surface area (Å²) in [7, 11) is 1.37. The van der Waals surface area contributed by atoms with E-state index in [1.54, 1.807) is 0 Å². The average Bonchev–Trinajstić information content (AvgIpc) is 3.18. The second-order valence-corrected chi connectivity index (χ2v) is 4.94. The fraction of sp³-hybridized carbons (Fsp3) is 0.615. The van der Waals surface area contributed by atoms with E-state index in [1.807, 2.05) is 0 Å². The van der Waals surface area contributed by atoms with Crippen LogP contribution in [0, 0.1) is 5.92 Å². The highest BCUT2D eigenvalue weighted by molar-refractivity contribution is 5.94. The highest BCUT2D eigenvalue weighted by atomic mass is 16.5. The Labute approximate surface area is 107 Å². The second-order valence-electron chi connectivity index (χ2n) is 4.94. The number of hydrogen-bond donors (Lipinski definition) is 0. The fourth-order valence-electron chi connectivity index (χ4n) is 1.93. The Kier molecular flexibility index (Phi) is 3.79. The Morgan fingerprint density at radius 3 is 2.83 bits per heavy atom. The smallest absolute Gasteiger partial charge is 0.343 e. The normalized spacial score (nSPS) is 14.7. The Morgan fingerprint density at radius 2 is 2.28 bits per heavy atom. The van der Waals surface area contributed by atoms with Gasteiger partial charge >= 0.3 is 5.97 Å². The van der Waals surface area contributed by atoms with Crippen LogP contribution in [0.3, 0.4) is 0 Å². The van der Waals surface area contributed by atoms with Gasteiger partial charge in [-0.1, -0.05) is 0 Å². The van der Waals surface area contributed by atoms with Gasteiger partial charge in [0.15, 0.2) is 0 Å². The lowest BCUT2D eigenvalue weighted by Gasteiger charge is -2.28. The third kappa shape index (κ3) is 2.78. The molecule has 0 spiro atoms. The van der Waals surface area contributed by atoms with E-state index in [2.05, 4.69) is 28.7 Å². The van der Waals surface area contributed by atoms with Crippen molar-refractivity contribution in [3.05, 3.63) is 18.1 Å². The van der Waals surface area contributed by atoms with E-state index >= 15 is 0 Å². The zero-order valence-electron chi connectivity index (χ0n) is 11.1. The van der Waals surface area contributed by atoms with E-state index in [1.165, 1.54) is 32.5 Å². The largest absolute Gasteiger partial charge is 0.465 e. The van der Waals surface area contributed by atoms with Crippen molar-refractivity contribution in [1.82, 2.24) is 9.97 Å². The molecule has 0 bridgehead atoms. The van der Waals surface area contributed by atoms with Crippen LogP contribution >= 0.6 is 0 Å². The van der Waals surface area contributed by atoms with Crippen LogP contribution in [-0.4, -0.2) is 35.6 Å². The molecular weight excluding hydrogens is 230 g/mol. The molecule has 0 aromatic carbocycles. The number of methoxy groups -OCH3 is 1. The minimum absolute atomic E-state index is 0.295. The van der Waals surface area contributed by atoms with E-state index in [-0.39, 0.29) is 5.97 Å². The molecule has 1 fully saturated rings. The summed E-state index contributed by atoms with van der Waals surface area (Å²) in [5, 5.41) is 0. The Hall–Kier alpha value is -1.65. The summed E-state index contributed by atoms with van der Waals surface area (Å²) in [6.07, 6.45) is 5.53. The summed E-state index contributed by atoms with van der Waals surface area (Å²) in [4.78, 5) is 22.1. The van der Waals surface area contributed by atoms with Gasteiger partial charge in [-0.3, -0.25) is 0 Å². The highest BCUT2D eigenvalue weighted by Gasteiger charge is 2.28. The molecule has 5 heteroatoms. The number of nitrogens with zero attached hydrogens (tertiary/aromatic N) is 3. The molecule has 1 aromatic heterocycles. The van der Waals surface area contributed by atoms with Crippen LogP contribution in [0.25, 0.3) is 0 Å². The van der Waals surface area contributed by atoms with Gasteiger partial charge in [-0.15, -0.1) is 0 Å². The Balaban J connectivity index is 2.30. The predicted molar refractivity (Wildman–Crippen MR) is 68.6 cm³/mol. The van der Waals surface area contributed by atoms with E-state index in [4.69, 9.17) is 4.74 Å². The van der Waals surface area contributed by atoms with Crippen LogP contribution < -0.4 is 4.90 Å². The molecule has 0 amide bonds. The number of rotatable bonds is 5. The highest BCUT2D eigenvalue weighted by Crippen LogP contribution is 2.32. The van der Waals surface area contributed by atoms with Crippen LogP contribution in [0.15, 0.2) is 12.5 Å². The summed E-state index contributed by atoms with van der Waals surface area (Å²) < 4.78 is 4.78. The van der Waals surface area contributed by atoms with E-state index < -0.39 is 0 Å². The first-order valence-corrected chi connectivity index (χ1v) is 6.28. The maximum absolute atomic E-state index is 11.7. The Bertz CT molecular complexity index is 430. The van der Waals surface area contributed by atoms with E-state index in [9.17, 15) is 4.79 Å².